The molecule has 7 heteroatoms. The van der Waals surface area contributed by atoms with Crippen molar-refractivity contribution in [3.63, 3.8) is 0 Å². The summed E-state index contributed by atoms with van der Waals surface area (Å²) in [6.45, 7) is 1.47. The van der Waals surface area contributed by atoms with E-state index in [1.165, 1.54) is 13.0 Å². The highest BCUT2D eigenvalue weighted by molar-refractivity contribution is 5.83. The van der Waals surface area contributed by atoms with E-state index >= 15 is 0 Å². The van der Waals surface area contributed by atoms with Crippen molar-refractivity contribution in [1.82, 2.24) is 5.32 Å². The quantitative estimate of drug-likeness (QED) is 0.840. The Morgan fingerprint density at radius 3 is 2.43 bits per heavy atom. The Morgan fingerprint density at radius 1 is 1.11 bits per heavy atom. The molecular formula is C21H24N2O5. The van der Waals surface area contributed by atoms with Gasteiger partial charge in [-0.15, -0.1) is 0 Å². The number of aryl methyl sites for hydroxylation is 1. The fourth-order valence-corrected chi connectivity index (χ4v) is 3.73. The summed E-state index contributed by atoms with van der Waals surface area (Å²) in [4.78, 5) is 24.0. The summed E-state index contributed by atoms with van der Waals surface area (Å²) in [5.74, 6) is 1.38. The molecule has 1 amide bonds. The first kappa shape index (κ1) is 19.5. The zero-order chi connectivity index (χ0) is 20.4. The van der Waals surface area contributed by atoms with Gasteiger partial charge in [0.25, 0.3) is 0 Å². The van der Waals surface area contributed by atoms with Crippen LogP contribution in [0.5, 0.6) is 17.2 Å². The Balaban J connectivity index is 2.41. The minimum atomic E-state index is -0.296. The number of nitrogen functional groups attached to an aromatic ring is 1. The average Bonchev–Trinajstić information content (AvgIpc) is 2.90. The van der Waals surface area contributed by atoms with Crippen LogP contribution in [-0.2, 0) is 11.2 Å². The molecule has 1 unspecified atom stereocenters. The van der Waals surface area contributed by atoms with E-state index in [0.29, 0.717) is 30.1 Å². The van der Waals surface area contributed by atoms with Gasteiger partial charge in [-0.2, -0.15) is 0 Å². The monoisotopic (exact) mass is 384 g/mol. The van der Waals surface area contributed by atoms with Crippen LogP contribution >= 0.6 is 0 Å². The minimum absolute atomic E-state index is 0.125. The highest BCUT2D eigenvalue weighted by Crippen LogP contribution is 2.50. The summed E-state index contributed by atoms with van der Waals surface area (Å²) in [6.07, 6.45) is 1.30. The molecule has 0 saturated heterocycles. The number of amides is 1. The largest absolute Gasteiger partial charge is 0.493 e. The van der Waals surface area contributed by atoms with Gasteiger partial charge >= 0.3 is 0 Å². The smallest absolute Gasteiger partial charge is 0.217 e. The number of ether oxygens (including phenoxy) is 3. The van der Waals surface area contributed by atoms with Crippen LogP contribution in [0, 0.1) is 0 Å². The summed E-state index contributed by atoms with van der Waals surface area (Å²) in [7, 11) is 4.67. The lowest BCUT2D eigenvalue weighted by atomic mass is 9.95. The van der Waals surface area contributed by atoms with Gasteiger partial charge in [0.15, 0.2) is 11.5 Å². The summed E-state index contributed by atoms with van der Waals surface area (Å²) in [5.41, 5.74) is 9.10. The Hall–Kier alpha value is -3.22. The number of fused-ring (bicyclic) bond motifs is 3. The van der Waals surface area contributed by atoms with E-state index in [1.54, 1.807) is 33.5 Å². The molecule has 0 saturated carbocycles. The molecule has 0 spiro atoms. The van der Waals surface area contributed by atoms with E-state index in [0.717, 1.165) is 22.3 Å². The SMILES string of the molecule is COc1cc2c(c(OC)c1OC)-c1ccc(=O)c(N)cc1C(NC(C)=O)CC2. The predicted molar refractivity (Wildman–Crippen MR) is 107 cm³/mol. The van der Waals surface area contributed by atoms with Crippen LogP contribution in [0.3, 0.4) is 0 Å². The number of rotatable bonds is 4. The van der Waals surface area contributed by atoms with Gasteiger partial charge < -0.3 is 25.3 Å². The Kier molecular flexibility index (Phi) is 5.44. The van der Waals surface area contributed by atoms with Gasteiger partial charge in [-0.3, -0.25) is 9.59 Å². The Morgan fingerprint density at radius 2 is 1.82 bits per heavy atom. The lowest BCUT2D eigenvalue weighted by Gasteiger charge is -2.19. The zero-order valence-corrected chi connectivity index (χ0v) is 16.4. The molecule has 28 heavy (non-hydrogen) atoms. The number of nitrogens with one attached hydrogen (secondary N) is 1. The normalized spacial score (nSPS) is 14.9. The number of anilines is 1. The molecule has 0 heterocycles. The maximum absolute atomic E-state index is 12.2. The molecule has 0 aromatic heterocycles. The van der Waals surface area contributed by atoms with Gasteiger partial charge in [-0.05, 0) is 53.8 Å². The summed E-state index contributed by atoms with van der Waals surface area (Å²) in [6, 6.07) is 6.41. The highest BCUT2D eigenvalue weighted by Gasteiger charge is 2.29. The van der Waals surface area contributed by atoms with E-state index < -0.39 is 0 Å². The minimum Gasteiger partial charge on any atom is -0.493 e. The number of nitrogens with two attached hydrogens (primary N) is 1. The van der Waals surface area contributed by atoms with Gasteiger partial charge in [-0.25, -0.2) is 0 Å². The molecule has 3 rings (SSSR count). The number of hydrogen-bond acceptors (Lipinski definition) is 6. The fourth-order valence-electron chi connectivity index (χ4n) is 3.73. The van der Waals surface area contributed by atoms with Crippen LogP contribution in [0.4, 0.5) is 5.69 Å². The van der Waals surface area contributed by atoms with Crippen LogP contribution in [0.15, 0.2) is 29.1 Å². The summed E-state index contributed by atoms with van der Waals surface area (Å²) < 4.78 is 16.7. The van der Waals surface area contributed by atoms with Gasteiger partial charge in [0, 0.05) is 12.5 Å². The molecular weight excluding hydrogens is 360 g/mol. The zero-order valence-electron chi connectivity index (χ0n) is 16.4. The maximum Gasteiger partial charge on any atom is 0.217 e. The topological polar surface area (TPSA) is 99.9 Å². The molecule has 0 bridgehead atoms. The van der Waals surface area contributed by atoms with E-state index in [4.69, 9.17) is 19.9 Å². The number of carbonyl (C=O) groups is 1. The molecule has 1 aliphatic carbocycles. The van der Waals surface area contributed by atoms with E-state index in [2.05, 4.69) is 5.32 Å². The van der Waals surface area contributed by atoms with Crippen molar-refractivity contribution in [3.8, 4) is 28.4 Å². The molecule has 7 nitrogen and oxygen atoms in total. The van der Waals surface area contributed by atoms with Crippen molar-refractivity contribution < 1.29 is 19.0 Å². The number of carbonyl (C=O) groups excluding carboxylic acids is 1. The van der Waals surface area contributed by atoms with Crippen molar-refractivity contribution in [2.75, 3.05) is 27.1 Å². The van der Waals surface area contributed by atoms with E-state index in [-0.39, 0.29) is 23.1 Å². The first-order valence-electron chi connectivity index (χ1n) is 8.94. The van der Waals surface area contributed by atoms with Crippen LogP contribution in [0.2, 0.25) is 0 Å². The number of methoxy groups -OCH3 is 3. The highest BCUT2D eigenvalue weighted by atomic mass is 16.5. The van der Waals surface area contributed by atoms with Crippen LogP contribution in [0.25, 0.3) is 11.1 Å². The number of benzene rings is 1. The third kappa shape index (κ3) is 3.35. The molecule has 148 valence electrons. The lowest BCUT2D eigenvalue weighted by Crippen LogP contribution is -2.26. The molecule has 0 fully saturated rings. The van der Waals surface area contributed by atoms with Crippen LogP contribution in [-0.4, -0.2) is 27.2 Å². The summed E-state index contributed by atoms with van der Waals surface area (Å²) in [5, 5.41) is 2.97. The van der Waals surface area contributed by atoms with Crippen LogP contribution < -0.4 is 30.7 Å². The standard InChI is InChI=1S/C21H24N2O5/c1-11(24)23-16-7-5-12-9-18(26-2)20(27-3)21(28-4)19(12)13-6-8-17(25)15(22)10-14(13)16/h6,8-10,16H,5,7H2,1-4H3,(H2,22,25)(H,23,24). The van der Waals surface area contributed by atoms with Gasteiger partial charge in [-0.1, -0.05) is 0 Å². The van der Waals surface area contributed by atoms with Crippen molar-refractivity contribution in [2.24, 2.45) is 0 Å². The second kappa shape index (κ2) is 7.80. The van der Waals surface area contributed by atoms with Crippen molar-refractivity contribution in [3.05, 3.63) is 45.6 Å². The number of hydrogen-bond donors (Lipinski definition) is 2. The first-order chi connectivity index (χ1) is 13.4. The first-order valence-corrected chi connectivity index (χ1v) is 8.94. The Bertz CT molecular complexity index is 987. The molecule has 2 aromatic carbocycles. The van der Waals surface area contributed by atoms with Crippen molar-refractivity contribution in [1.29, 1.82) is 0 Å². The van der Waals surface area contributed by atoms with Crippen molar-refractivity contribution >= 4 is 11.6 Å². The van der Waals surface area contributed by atoms with E-state index in [1.807, 2.05) is 6.07 Å². The second-order valence-electron chi connectivity index (χ2n) is 6.64. The third-order valence-corrected chi connectivity index (χ3v) is 4.94. The molecule has 0 radical (unpaired) electrons. The molecule has 1 atom stereocenters. The van der Waals surface area contributed by atoms with Crippen LogP contribution in [0.1, 0.15) is 30.5 Å². The van der Waals surface area contributed by atoms with Gasteiger partial charge in [0.05, 0.1) is 33.1 Å². The molecule has 2 aromatic rings. The second-order valence-corrected chi connectivity index (χ2v) is 6.64. The van der Waals surface area contributed by atoms with Gasteiger partial charge in [0.1, 0.15) is 0 Å². The molecule has 1 aliphatic rings. The maximum atomic E-state index is 12.2. The van der Waals surface area contributed by atoms with Gasteiger partial charge in [0.2, 0.25) is 17.1 Å². The molecule has 0 aliphatic heterocycles. The average molecular weight is 384 g/mol. The Labute approximate surface area is 163 Å². The predicted octanol–water partition coefficient (Wildman–Crippen LogP) is 2.45. The van der Waals surface area contributed by atoms with Crippen molar-refractivity contribution in [2.45, 2.75) is 25.8 Å². The lowest BCUT2D eigenvalue weighted by molar-refractivity contribution is -0.119. The molecule has 3 N–H and O–H groups in total. The summed E-state index contributed by atoms with van der Waals surface area (Å²) >= 11 is 0. The van der Waals surface area contributed by atoms with E-state index in [9.17, 15) is 9.59 Å². The third-order valence-electron chi connectivity index (χ3n) is 4.94. The fraction of sp³-hybridized carbons (Fsp3) is 0.333.